The van der Waals surface area contributed by atoms with Gasteiger partial charge in [-0.2, -0.15) is 0 Å². The Morgan fingerprint density at radius 3 is 2.56 bits per heavy atom. The summed E-state index contributed by atoms with van der Waals surface area (Å²) in [5.41, 5.74) is 1.62. The summed E-state index contributed by atoms with van der Waals surface area (Å²) in [5, 5.41) is 3.19. The molecule has 0 saturated carbocycles. The second-order valence-corrected chi connectivity index (χ2v) is 4.90. The SMILES string of the molecule is CC(Nc1ccc(F)c(Br)c1)c1cccc(F)c1. The van der Waals surface area contributed by atoms with Crippen LogP contribution in [-0.4, -0.2) is 0 Å². The van der Waals surface area contributed by atoms with Crippen molar-refractivity contribution in [1.29, 1.82) is 0 Å². The molecule has 0 fully saturated rings. The number of hydrogen-bond donors (Lipinski definition) is 1. The Kier molecular flexibility index (Phi) is 3.97. The zero-order valence-corrected chi connectivity index (χ0v) is 11.3. The smallest absolute Gasteiger partial charge is 0.137 e. The third-order valence-corrected chi connectivity index (χ3v) is 3.26. The standard InChI is InChI=1S/C14H12BrF2N/c1-9(10-3-2-4-11(16)7-10)18-12-5-6-14(17)13(15)8-12/h2-9,18H,1H3. The van der Waals surface area contributed by atoms with Crippen LogP contribution in [0, 0.1) is 11.6 Å². The average molecular weight is 312 g/mol. The molecule has 94 valence electrons. The van der Waals surface area contributed by atoms with Gasteiger partial charge in [-0.15, -0.1) is 0 Å². The number of anilines is 1. The van der Waals surface area contributed by atoms with Crippen LogP contribution in [-0.2, 0) is 0 Å². The van der Waals surface area contributed by atoms with Gasteiger partial charge in [0, 0.05) is 11.7 Å². The monoisotopic (exact) mass is 311 g/mol. The van der Waals surface area contributed by atoms with Crippen molar-refractivity contribution < 1.29 is 8.78 Å². The second kappa shape index (κ2) is 5.48. The molecular weight excluding hydrogens is 300 g/mol. The highest BCUT2D eigenvalue weighted by Crippen LogP contribution is 2.24. The van der Waals surface area contributed by atoms with Crippen LogP contribution in [0.2, 0.25) is 0 Å². The van der Waals surface area contributed by atoms with Crippen molar-refractivity contribution in [3.8, 4) is 0 Å². The Labute approximate surface area is 113 Å². The van der Waals surface area contributed by atoms with Crippen molar-refractivity contribution in [2.45, 2.75) is 13.0 Å². The second-order valence-electron chi connectivity index (χ2n) is 4.05. The van der Waals surface area contributed by atoms with Crippen molar-refractivity contribution >= 4 is 21.6 Å². The third kappa shape index (κ3) is 3.07. The zero-order valence-electron chi connectivity index (χ0n) is 9.75. The van der Waals surface area contributed by atoms with Gasteiger partial charge in [-0.25, -0.2) is 8.78 Å². The number of halogens is 3. The molecule has 0 aliphatic carbocycles. The van der Waals surface area contributed by atoms with E-state index in [2.05, 4.69) is 21.2 Å². The van der Waals surface area contributed by atoms with E-state index in [9.17, 15) is 8.78 Å². The summed E-state index contributed by atoms with van der Waals surface area (Å²) in [7, 11) is 0. The molecule has 0 spiro atoms. The lowest BCUT2D eigenvalue weighted by atomic mass is 10.1. The molecule has 18 heavy (non-hydrogen) atoms. The first-order chi connectivity index (χ1) is 8.56. The molecule has 0 aliphatic heterocycles. The van der Waals surface area contributed by atoms with Crippen molar-refractivity contribution in [1.82, 2.24) is 0 Å². The summed E-state index contributed by atoms with van der Waals surface area (Å²) in [4.78, 5) is 0. The van der Waals surface area contributed by atoms with E-state index in [4.69, 9.17) is 0 Å². The lowest BCUT2D eigenvalue weighted by molar-refractivity contribution is 0.621. The summed E-state index contributed by atoms with van der Waals surface area (Å²) in [6.07, 6.45) is 0. The Morgan fingerprint density at radius 2 is 1.89 bits per heavy atom. The Bertz CT molecular complexity index is 557. The van der Waals surface area contributed by atoms with E-state index < -0.39 is 0 Å². The Balaban J connectivity index is 2.16. The topological polar surface area (TPSA) is 12.0 Å². The summed E-state index contributed by atoms with van der Waals surface area (Å²) in [6, 6.07) is 11.0. The van der Waals surface area contributed by atoms with E-state index in [1.807, 2.05) is 13.0 Å². The lowest BCUT2D eigenvalue weighted by Gasteiger charge is -2.16. The van der Waals surface area contributed by atoms with Crippen molar-refractivity contribution in [2.24, 2.45) is 0 Å². The molecule has 4 heteroatoms. The number of benzene rings is 2. The van der Waals surface area contributed by atoms with Crippen LogP contribution < -0.4 is 5.32 Å². The van der Waals surface area contributed by atoms with E-state index in [1.54, 1.807) is 18.2 Å². The first-order valence-corrected chi connectivity index (χ1v) is 6.32. The van der Waals surface area contributed by atoms with Gasteiger partial charge in [0.05, 0.1) is 4.47 Å². The van der Waals surface area contributed by atoms with E-state index in [1.165, 1.54) is 18.2 Å². The summed E-state index contributed by atoms with van der Waals surface area (Å²) in [5.74, 6) is -0.569. The van der Waals surface area contributed by atoms with Gasteiger partial charge >= 0.3 is 0 Å². The molecule has 0 amide bonds. The van der Waals surface area contributed by atoms with Gasteiger partial charge in [0.15, 0.2) is 0 Å². The van der Waals surface area contributed by atoms with Crippen LogP contribution in [0.1, 0.15) is 18.5 Å². The molecule has 2 rings (SSSR count). The molecular formula is C14H12BrF2N. The average Bonchev–Trinajstić information content (AvgIpc) is 2.34. The van der Waals surface area contributed by atoms with Crippen LogP contribution in [0.3, 0.4) is 0 Å². The van der Waals surface area contributed by atoms with Crippen molar-refractivity contribution in [2.75, 3.05) is 5.32 Å². The third-order valence-electron chi connectivity index (χ3n) is 2.65. The fourth-order valence-electron chi connectivity index (χ4n) is 1.70. The van der Waals surface area contributed by atoms with Crippen molar-refractivity contribution in [3.05, 3.63) is 64.1 Å². The highest BCUT2D eigenvalue weighted by molar-refractivity contribution is 9.10. The fraction of sp³-hybridized carbons (Fsp3) is 0.143. The van der Waals surface area contributed by atoms with Gasteiger partial charge < -0.3 is 5.32 Å². The van der Waals surface area contributed by atoms with Crippen LogP contribution in [0.4, 0.5) is 14.5 Å². The molecule has 1 N–H and O–H groups in total. The molecule has 0 aliphatic rings. The number of hydrogen-bond acceptors (Lipinski definition) is 1. The first kappa shape index (κ1) is 13.0. The van der Waals surface area contributed by atoms with Gasteiger partial charge in [0.25, 0.3) is 0 Å². The highest BCUT2D eigenvalue weighted by atomic mass is 79.9. The molecule has 1 atom stereocenters. The van der Waals surface area contributed by atoms with Crippen LogP contribution in [0.25, 0.3) is 0 Å². The van der Waals surface area contributed by atoms with Crippen LogP contribution in [0.5, 0.6) is 0 Å². The summed E-state index contributed by atoms with van der Waals surface area (Å²) >= 11 is 3.13. The zero-order chi connectivity index (χ0) is 13.1. The molecule has 0 aromatic heterocycles. The van der Waals surface area contributed by atoms with Gasteiger partial charge in [0.2, 0.25) is 0 Å². The Hall–Kier alpha value is -1.42. The molecule has 0 saturated heterocycles. The highest BCUT2D eigenvalue weighted by Gasteiger charge is 2.07. The molecule has 0 radical (unpaired) electrons. The molecule has 1 unspecified atom stereocenters. The molecule has 0 heterocycles. The maximum Gasteiger partial charge on any atom is 0.137 e. The van der Waals surface area contributed by atoms with Gasteiger partial charge in [-0.1, -0.05) is 12.1 Å². The number of nitrogens with one attached hydrogen (secondary N) is 1. The maximum absolute atomic E-state index is 13.1. The fourth-order valence-corrected chi connectivity index (χ4v) is 2.07. The minimum atomic E-state index is -0.307. The minimum absolute atomic E-state index is 0.0574. The van der Waals surface area contributed by atoms with E-state index >= 15 is 0 Å². The molecule has 1 nitrogen and oxygen atoms in total. The van der Waals surface area contributed by atoms with Crippen LogP contribution >= 0.6 is 15.9 Å². The van der Waals surface area contributed by atoms with E-state index in [0.717, 1.165) is 11.3 Å². The predicted molar refractivity (Wildman–Crippen MR) is 72.5 cm³/mol. The maximum atomic E-state index is 13.1. The lowest BCUT2D eigenvalue weighted by Crippen LogP contribution is -2.06. The molecule has 0 bridgehead atoms. The minimum Gasteiger partial charge on any atom is -0.378 e. The van der Waals surface area contributed by atoms with Gasteiger partial charge in [-0.05, 0) is 58.7 Å². The number of rotatable bonds is 3. The normalized spacial score (nSPS) is 12.2. The summed E-state index contributed by atoms with van der Waals surface area (Å²) < 4.78 is 26.6. The van der Waals surface area contributed by atoms with Crippen molar-refractivity contribution in [3.63, 3.8) is 0 Å². The molecule has 2 aromatic rings. The summed E-state index contributed by atoms with van der Waals surface area (Å²) in [6.45, 7) is 1.92. The first-order valence-electron chi connectivity index (χ1n) is 5.53. The van der Waals surface area contributed by atoms with E-state index in [0.29, 0.717) is 4.47 Å². The Morgan fingerprint density at radius 1 is 1.11 bits per heavy atom. The quantitative estimate of drug-likeness (QED) is 0.850. The molecule has 2 aromatic carbocycles. The largest absolute Gasteiger partial charge is 0.378 e. The van der Waals surface area contributed by atoms with Gasteiger partial charge in [0.1, 0.15) is 11.6 Å². The van der Waals surface area contributed by atoms with Crippen LogP contribution in [0.15, 0.2) is 46.9 Å². The predicted octanol–water partition coefficient (Wildman–Crippen LogP) is 4.90. The van der Waals surface area contributed by atoms with E-state index in [-0.39, 0.29) is 17.7 Å². The van der Waals surface area contributed by atoms with Gasteiger partial charge in [-0.3, -0.25) is 0 Å².